The summed E-state index contributed by atoms with van der Waals surface area (Å²) in [5, 5.41) is 14.1. The molecule has 0 unspecified atom stereocenters. The molecule has 1 heterocycles. The Kier molecular flexibility index (Phi) is 9.39. The van der Waals surface area contributed by atoms with Gasteiger partial charge in [-0.3, -0.25) is 19.4 Å². The molecule has 1 fully saturated rings. The first kappa shape index (κ1) is 24.7. The zero-order chi connectivity index (χ0) is 23.0. The second kappa shape index (κ2) is 11.8. The number of esters is 2. The molecule has 0 bridgehead atoms. The Morgan fingerprint density at radius 2 is 1.61 bits per heavy atom. The summed E-state index contributed by atoms with van der Waals surface area (Å²) in [4.78, 5) is 35.2. The molecule has 8 nitrogen and oxygen atoms in total. The van der Waals surface area contributed by atoms with Crippen molar-refractivity contribution in [3.63, 3.8) is 0 Å². The van der Waals surface area contributed by atoms with Crippen LogP contribution in [0.2, 0.25) is 0 Å². The Bertz CT molecular complexity index is 809. The van der Waals surface area contributed by atoms with E-state index in [1.165, 1.54) is 25.6 Å². The maximum atomic E-state index is 12.6. The minimum atomic E-state index is -0.337. The minimum Gasteiger partial charge on any atom is -0.507 e. The molecule has 0 spiro atoms. The Morgan fingerprint density at radius 1 is 1.10 bits per heavy atom. The van der Waals surface area contributed by atoms with Crippen LogP contribution in [0.5, 0.6) is 5.75 Å². The number of carbonyl (C=O) groups excluding carboxylic acids is 3. The summed E-state index contributed by atoms with van der Waals surface area (Å²) >= 11 is 1.47. The van der Waals surface area contributed by atoms with Gasteiger partial charge in [-0.15, -0.1) is 0 Å². The van der Waals surface area contributed by atoms with Crippen molar-refractivity contribution in [1.29, 1.82) is 0 Å². The van der Waals surface area contributed by atoms with Gasteiger partial charge in [0.05, 0.1) is 24.0 Å². The number of aryl methyl sites for hydroxylation is 2. The lowest BCUT2D eigenvalue weighted by Gasteiger charge is -2.21. The lowest BCUT2D eigenvalue weighted by atomic mass is 9.97. The van der Waals surface area contributed by atoms with Crippen LogP contribution >= 0.6 is 11.8 Å². The lowest BCUT2D eigenvalue weighted by molar-refractivity contribution is -0.142. The molecule has 1 saturated heterocycles. The van der Waals surface area contributed by atoms with Gasteiger partial charge < -0.3 is 14.6 Å². The number of hydrazine groups is 1. The number of phenols is 1. The Labute approximate surface area is 187 Å². The van der Waals surface area contributed by atoms with Gasteiger partial charge in [-0.2, -0.15) is 0 Å². The monoisotopic (exact) mass is 450 g/mol. The molecule has 31 heavy (non-hydrogen) atoms. The number of phenolic OH excluding ortho intramolecular Hbond substituents is 1. The SMILES string of the molecule is CC(=O)OCCCc1cc(C=C2SCN(N(C)C)C2=O)cc(CCCOC(C)=O)c1O. The van der Waals surface area contributed by atoms with Crippen molar-refractivity contribution < 1.29 is 29.0 Å². The Balaban J connectivity index is 2.22. The third kappa shape index (κ3) is 7.59. The van der Waals surface area contributed by atoms with Crippen molar-refractivity contribution >= 4 is 35.7 Å². The van der Waals surface area contributed by atoms with Crippen LogP contribution in [0.4, 0.5) is 0 Å². The van der Waals surface area contributed by atoms with Crippen molar-refractivity contribution in [2.24, 2.45) is 0 Å². The molecular weight excluding hydrogens is 420 g/mol. The fraction of sp³-hybridized carbons (Fsp3) is 0.500. The van der Waals surface area contributed by atoms with E-state index in [0.29, 0.717) is 36.5 Å². The van der Waals surface area contributed by atoms with Gasteiger partial charge in [0.25, 0.3) is 5.91 Å². The standard InChI is InChI=1S/C22H30N2O6S/c1-15(25)29-9-5-7-18-11-17(13-20-22(28)24(14-31-20)23(3)4)12-19(21(18)27)8-6-10-30-16(2)26/h11-13,27H,5-10,14H2,1-4H3. The molecule has 1 aliphatic heterocycles. The molecule has 2 rings (SSSR count). The first-order valence-electron chi connectivity index (χ1n) is 10.1. The van der Waals surface area contributed by atoms with Crippen LogP contribution in [-0.2, 0) is 36.7 Å². The van der Waals surface area contributed by atoms with Gasteiger partial charge >= 0.3 is 11.9 Å². The molecule has 170 valence electrons. The minimum absolute atomic E-state index is 0.0594. The lowest BCUT2D eigenvalue weighted by Crippen LogP contribution is -2.37. The molecular formula is C22H30N2O6S. The topological polar surface area (TPSA) is 96.4 Å². The van der Waals surface area contributed by atoms with Crippen molar-refractivity contribution in [3.05, 3.63) is 33.7 Å². The number of hydrogen-bond acceptors (Lipinski definition) is 8. The fourth-order valence-corrected chi connectivity index (χ4v) is 4.20. The van der Waals surface area contributed by atoms with E-state index in [0.717, 1.165) is 16.7 Å². The predicted octanol–water partition coefficient (Wildman–Crippen LogP) is 2.73. The van der Waals surface area contributed by atoms with Gasteiger partial charge in [0, 0.05) is 27.9 Å². The molecule has 1 aromatic carbocycles. The van der Waals surface area contributed by atoms with Gasteiger partial charge in [0.15, 0.2) is 0 Å². The molecule has 9 heteroatoms. The average molecular weight is 451 g/mol. The third-order valence-electron chi connectivity index (χ3n) is 4.65. The van der Waals surface area contributed by atoms with Crippen LogP contribution in [-0.4, -0.2) is 66.2 Å². The first-order chi connectivity index (χ1) is 14.7. The van der Waals surface area contributed by atoms with Gasteiger partial charge in [-0.1, -0.05) is 11.8 Å². The quantitative estimate of drug-likeness (QED) is 0.330. The average Bonchev–Trinajstić information content (AvgIpc) is 3.05. The number of carbonyl (C=O) groups is 3. The highest BCUT2D eigenvalue weighted by molar-refractivity contribution is 8.04. The molecule has 1 aromatic rings. The number of thioether (sulfide) groups is 1. The van der Waals surface area contributed by atoms with Crippen LogP contribution in [0.3, 0.4) is 0 Å². The molecule has 0 atom stereocenters. The summed E-state index contributed by atoms with van der Waals surface area (Å²) in [6.07, 6.45) is 4.03. The summed E-state index contributed by atoms with van der Waals surface area (Å²) in [6, 6.07) is 3.72. The van der Waals surface area contributed by atoms with Gasteiger partial charge in [-0.25, -0.2) is 5.01 Å². The number of aromatic hydroxyl groups is 1. The summed E-state index contributed by atoms with van der Waals surface area (Å²) in [5.74, 6) is 0.0106. The molecule has 1 aliphatic rings. The smallest absolute Gasteiger partial charge is 0.302 e. The molecule has 0 aliphatic carbocycles. The number of benzene rings is 1. The van der Waals surface area contributed by atoms with E-state index in [4.69, 9.17) is 9.47 Å². The maximum absolute atomic E-state index is 12.6. The highest BCUT2D eigenvalue weighted by atomic mass is 32.2. The summed E-state index contributed by atoms with van der Waals surface area (Å²) in [6.45, 7) is 3.26. The van der Waals surface area contributed by atoms with Crippen molar-refractivity contribution in [1.82, 2.24) is 10.0 Å². The second-order valence-electron chi connectivity index (χ2n) is 7.41. The summed E-state index contributed by atoms with van der Waals surface area (Å²) < 4.78 is 9.97. The summed E-state index contributed by atoms with van der Waals surface area (Å²) in [7, 11) is 3.65. The third-order valence-corrected chi connectivity index (χ3v) is 5.63. The van der Waals surface area contributed by atoms with Crippen molar-refractivity contribution in [3.8, 4) is 5.75 Å². The Morgan fingerprint density at radius 3 is 2.03 bits per heavy atom. The molecule has 1 amide bonds. The number of amides is 1. The van der Waals surface area contributed by atoms with Crippen LogP contribution in [0.25, 0.3) is 6.08 Å². The molecule has 0 aromatic heterocycles. The van der Waals surface area contributed by atoms with E-state index in [-0.39, 0.29) is 36.8 Å². The fourth-order valence-electron chi connectivity index (χ4n) is 3.14. The van der Waals surface area contributed by atoms with Gasteiger partial charge in [0.2, 0.25) is 0 Å². The van der Waals surface area contributed by atoms with E-state index in [2.05, 4.69) is 0 Å². The first-order valence-corrected chi connectivity index (χ1v) is 11.1. The second-order valence-corrected chi connectivity index (χ2v) is 8.40. The zero-order valence-corrected chi connectivity index (χ0v) is 19.3. The normalized spacial score (nSPS) is 15.1. The van der Waals surface area contributed by atoms with E-state index in [9.17, 15) is 19.5 Å². The molecule has 0 radical (unpaired) electrons. The number of ether oxygens (including phenoxy) is 2. The zero-order valence-electron chi connectivity index (χ0n) is 18.5. The van der Waals surface area contributed by atoms with Crippen LogP contribution < -0.4 is 0 Å². The van der Waals surface area contributed by atoms with Crippen LogP contribution in [0.1, 0.15) is 43.4 Å². The van der Waals surface area contributed by atoms with Crippen molar-refractivity contribution in [2.75, 3.05) is 33.2 Å². The van der Waals surface area contributed by atoms with Gasteiger partial charge in [-0.05, 0) is 60.6 Å². The van der Waals surface area contributed by atoms with Crippen LogP contribution in [0, 0.1) is 0 Å². The largest absolute Gasteiger partial charge is 0.507 e. The van der Waals surface area contributed by atoms with E-state index >= 15 is 0 Å². The van der Waals surface area contributed by atoms with E-state index in [1.54, 1.807) is 10.0 Å². The summed E-state index contributed by atoms with van der Waals surface area (Å²) in [5.41, 5.74) is 2.27. The maximum Gasteiger partial charge on any atom is 0.302 e. The van der Waals surface area contributed by atoms with Gasteiger partial charge in [0.1, 0.15) is 5.75 Å². The van der Waals surface area contributed by atoms with Crippen LogP contribution in [0.15, 0.2) is 17.0 Å². The predicted molar refractivity (Wildman–Crippen MR) is 119 cm³/mol. The Hall–Kier alpha value is -2.52. The number of nitrogens with zero attached hydrogens (tertiary/aromatic N) is 2. The van der Waals surface area contributed by atoms with E-state index in [1.807, 2.05) is 32.3 Å². The van der Waals surface area contributed by atoms with Crippen molar-refractivity contribution in [2.45, 2.75) is 39.5 Å². The highest BCUT2D eigenvalue weighted by Gasteiger charge is 2.28. The highest BCUT2D eigenvalue weighted by Crippen LogP contribution is 2.33. The number of rotatable bonds is 10. The number of hydrogen-bond donors (Lipinski definition) is 1. The van der Waals surface area contributed by atoms with E-state index < -0.39 is 0 Å². The molecule has 1 N–H and O–H groups in total. The molecule has 0 saturated carbocycles.